The molecule has 0 heterocycles. The Hall–Kier alpha value is -1.51. The number of rotatable bonds is 2. The summed E-state index contributed by atoms with van der Waals surface area (Å²) >= 11 is 0. The number of phenols is 2. The van der Waals surface area contributed by atoms with E-state index in [4.69, 9.17) is 10.2 Å². The number of ketones is 1. The van der Waals surface area contributed by atoms with Crippen molar-refractivity contribution in [2.45, 2.75) is 13.3 Å². The molecule has 2 N–H and O–H groups in total. The summed E-state index contributed by atoms with van der Waals surface area (Å²) in [6, 6.07) is 3.86. The van der Waals surface area contributed by atoms with Gasteiger partial charge >= 0.3 is 0 Å². The summed E-state index contributed by atoms with van der Waals surface area (Å²) in [6.07, 6.45) is 0.364. The molecule has 64 valence electrons. The molecule has 0 aliphatic heterocycles. The van der Waals surface area contributed by atoms with Crippen LogP contribution in [0.15, 0.2) is 18.2 Å². The van der Waals surface area contributed by atoms with Crippen molar-refractivity contribution in [1.82, 2.24) is 0 Å². The number of carbonyl (C=O) groups is 1. The minimum absolute atomic E-state index is 0.0909. The molecule has 1 aromatic carbocycles. The standard InChI is InChI=1S/C9H10O3/c1-2-9(12)6-3-7(10)5-8(11)4-6/h3-5,10-11H,2H2,1H3. The van der Waals surface area contributed by atoms with Gasteiger partial charge in [0.15, 0.2) is 5.78 Å². The lowest BCUT2D eigenvalue weighted by molar-refractivity contribution is 0.0987. The first-order valence-electron chi connectivity index (χ1n) is 3.69. The topological polar surface area (TPSA) is 57.5 Å². The molecule has 0 bridgehead atoms. The number of Topliss-reactive ketones (excluding diaryl/α,β-unsaturated/α-hetero) is 1. The number of aromatic hydroxyl groups is 2. The van der Waals surface area contributed by atoms with Crippen LogP contribution in [0.1, 0.15) is 23.7 Å². The second kappa shape index (κ2) is 3.26. The summed E-state index contributed by atoms with van der Waals surface area (Å²) in [5, 5.41) is 18.1. The summed E-state index contributed by atoms with van der Waals surface area (Å²) < 4.78 is 0. The van der Waals surface area contributed by atoms with Gasteiger partial charge in [0.1, 0.15) is 11.5 Å². The number of carbonyl (C=O) groups excluding carboxylic acids is 1. The van der Waals surface area contributed by atoms with E-state index in [1.807, 2.05) is 0 Å². The third-order valence-corrected chi connectivity index (χ3v) is 1.55. The third kappa shape index (κ3) is 1.75. The lowest BCUT2D eigenvalue weighted by Crippen LogP contribution is -1.95. The second-order valence-corrected chi connectivity index (χ2v) is 2.51. The molecule has 0 atom stereocenters. The highest BCUT2D eigenvalue weighted by atomic mass is 16.3. The quantitative estimate of drug-likeness (QED) is 0.657. The predicted molar refractivity (Wildman–Crippen MR) is 44.4 cm³/mol. The molecule has 0 unspecified atom stereocenters. The van der Waals surface area contributed by atoms with Gasteiger partial charge in [0.05, 0.1) is 0 Å². The van der Waals surface area contributed by atoms with E-state index in [9.17, 15) is 4.79 Å². The minimum Gasteiger partial charge on any atom is -0.508 e. The monoisotopic (exact) mass is 166 g/mol. The number of benzene rings is 1. The fourth-order valence-corrected chi connectivity index (χ4v) is 0.960. The zero-order valence-electron chi connectivity index (χ0n) is 6.74. The molecule has 0 spiro atoms. The van der Waals surface area contributed by atoms with Crippen molar-refractivity contribution >= 4 is 5.78 Å². The lowest BCUT2D eigenvalue weighted by atomic mass is 10.1. The summed E-state index contributed by atoms with van der Waals surface area (Å²) in [6.45, 7) is 1.73. The van der Waals surface area contributed by atoms with Crippen LogP contribution in [0.4, 0.5) is 0 Å². The van der Waals surface area contributed by atoms with Gasteiger partial charge in [-0.15, -0.1) is 0 Å². The molecular formula is C9H10O3. The molecule has 0 saturated carbocycles. The molecule has 3 heteroatoms. The molecule has 0 saturated heterocycles. The summed E-state index contributed by atoms with van der Waals surface area (Å²) in [4.78, 5) is 11.1. The van der Waals surface area contributed by atoms with Crippen molar-refractivity contribution in [3.63, 3.8) is 0 Å². The Balaban J connectivity index is 3.08. The molecule has 0 fully saturated rings. The average molecular weight is 166 g/mol. The number of hydrogen-bond acceptors (Lipinski definition) is 3. The molecule has 1 rings (SSSR count). The number of hydrogen-bond donors (Lipinski definition) is 2. The normalized spacial score (nSPS) is 9.75. The molecule has 0 aliphatic carbocycles. The maximum Gasteiger partial charge on any atom is 0.162 e. The van der Waals surface area contributed by atoms with Gasteiger partial charge in [0, 0.05) is 18.1 Å². The molecule has 3 nitrogen and oxygen atoms in total. The van der Waals surface area contributed by atoms with Gasteiger partial charge in [-0.05, 0) is 12.1 Å². The van der Waals surface area contributed by atoms with Crippen molar-refractivity contribution in [2.75, 3.05) is 0 Å². The van der Waals surface area contributed by atoms with Crippen molar-refractivity contribution in [3.05, 3.63) is 23.8 Å². The van der Waals surface area contributed by atoms with Crippen LogP contribution in [-0.2, 0) is 0 Å². The maximum absolute atomic E-state index is 11.1. The van der Waals surface area contributed by atoms with Crippen molar-refractivity contribution in [2.24, 2.45) is 0 Å². The van der Waals surface area contributed by atoms with E-state index in [0.717, 1.165) is 0 Å². The van der Waals surface area contributed by atoms with Gasteiger partial charge in [0.25, 0.3) is 0 Å². The molecular weight excluding hydrogens is 156 g/mol. The fraction of sp³-hybridized carbons (Fsp3) is 0.222. The summed E-state index contributed by atoms with van der Waals surface area (Å²) in [5.74, 6) is -0.278. The Morgan fingerprint density at radius 3 is 2.17 bits per heavy atom. The average Bonchev–Trinajstić information content (AvgIpc) is 2.01. The number of phenolic OH excluding ortho intramolecular Hbond substituents is 2. The first-order valence-corrected chi connectivity index (χ1v) is 3.69. The van der Waals surface area contributed by atoms with E-state index < -0.39 is 0 Å². The van der Waals surface area contributed by atoms with Crippen LogP contribution in [0.3, 0.4) is 0 Å². The molecule has 12 heavy (non-hydrogen) atoms. The van der Waals surface area contributed by atoms with Crippen LogP contribution >= 0.6 is 0 Å². The van der Waals surface area contributed by atoms with Gasteiger partial charge in [-0.25, -0.2) is 0 Å². The van der Waals surface area contributed by atoms with Crippen molar-refractivity contribution in [3.8, 4) is 11.5 Å². The van der Waals surface area contributed by atoms with Crippen LogP contribution in [0, 0.1) is 0 Å². The Kier molecular flexibility index (Phi) is 2.33. The third-order valence-electron chi connectivity index (χ3n) is 1.55. The highest BCUT2D eigenvalue weighted by Gasteiger charge is 2.05. The van der Waals surface area contributed by atoms with Crippen molar-refractivity contribution in [1.29, 1.82) is 0 Å². The second-order valence-electron chi connectivity index (χ2n) is 2.51. The van der Waals surface area contributed by atoms with Gasteiger partial charge in [-0.3, -0.25) is 4.79 Å². The molecule has 1 aromatic rings. The Labute approximate surface area is 70.3 Å². The van der Waals surface area contributed by atoms with E-state index in [0.29, 0.717) is 12.0 Å². The fourth-order valence-electron chi connectivity index (χ4n) is 0.960. The van der Waals surface area contributed by atoms with E-state index in [2.05, 4.69) is 0 Å². The van der Waals surface area contributed by atoms with Crippen LogP contribution < -0.4 is 0 Å². The molecule has 0 amide bonds. The van der Waals surface area contributed by atoms with Gasteiger partial charge in [0.2, 0.25) is 0 Å². The first kappa shape index (κ1) is 8.59. The Morgan fingerprint density at radius 1 is 1.25 bits per heavy atom. The highest BCUT2D eigenvalue weighted by molar-refractivity contribution is 5.96. The van der Waals surface area contributed by atoms with E-state index in [1.165, 1.54) is 18.2 Å². The summed E-state index contributed by atoms with van der Waals surface area (Å²) in [7, 11) is 0. The zero-order chi connectivity index (χ0) is 9.14. The minimum atomic E-state index is -0.0961. The van der Waals surface area contributed by atoms with E-state index in [-0.39, 0.29) is 17.3 Å². The molecule has 0 aliphatic rings. The maximum atomic E-state index is 11.1. The molecule has 0 radical (unpaired) electrons. The largest absolute Gasteiger partial charge is 0.508 e. The first-order chi connectivity index (χ1) is 5.63. The smallest absolute Gasteiger partial charge is 0.162 e. The van der Waals surface area contributed by atoms with Gasteiger partial charge in [-0.2, -0.15) is 0 Å². The van der Waals surface area contributed by atoms with Gasteiger partial charge in [-0.1, -0.05) is 6.92 Å². The van der Waals surface area contributed by atoms with Crippen LogP contribution in [0.25, 0.3) is 0 Å². The zero-order valence-corrected chi connectivity index (χ0v) is 6.74. The van der Waals surface area contributed by atoms with E-state index >= 15 is 0 Å². The Bertz CT molecular complexity index is 284. The van der Waals surface area contributed by atoms with Crippen LogP contribution in [0.2, 0.25) is 0 Å². The van der Waals surface area contributed by atoms with Crippen molar-refractivity contribution < 1.29 is 15.0 Å². The van der Waals surface area contributed by atoms with Crippen LogP contribution in [0.5, 0.6) is 11.5 Å². The summed E-state index contributed by atoms with van der Waals surface area (Å²) in [5.41, 5.74) is 0.343. The van der Waals surface area contributed by atoms with E-state index in [1.54, 1.807) is 6.92 Å². The van der Waals surface area contributed by atoms with Crippen LogP contribution in [-0.4, -0.2) is 16.0 Å². The molecule has 0 aromatic heterocycles. The highest BCUT2D eigenvalue weighted by Crippen LogP contribution is 2.20. The lowest BCUT2D eigenvalue weighted by Gasteiger charge is -1.99. The SMILES string of the molecule is CCC(=O)c1cc(O)cc(O)c1. The Morgan fingerprint density at radius 2 is 1.75 bits per heavy atom. The predicted octanol–water partition coefficient (Wildman–Crippen LogP) is 1.69. The van der Waals surface area contributed by atoms with Gasteiger partial charge < -0.3 is 10.2 Å².